The topological polar surface area (TPSA) is 43.4 Å². The van der Waals surface area contributed by atoms with Gasteiger partial charge in [-0.2, -0.15) is 0 Å². The highest BCUT2D eigenvalue weighted by Gasteiger charge is 2.26. The van der Waals surface area contributed by atoms with Gasteiger partial charge in [0, 0.05) is 10.1 Å². The second-order valence-electron chi connectivity index (χ2n) is 5.79. The summed E-state index contributed by atoms with van der Waals surface area (Å²) in [6.07, 6.45) is 2.25. The Hall–Kier alpha value is -1.92. The minimum atomic E-state index is -3.86. The molecule has 0 radical (unpaired) electrons. The van der Waals surface area contributed by atoms with Crippen LogP contribution in [-0.4, -0.2) is 14.4 Å². The van der Waals surface area contributed by atoms with Gasteiger partial charge < -0.3 is 4.74 Å². The molecule has 3 aromatic rings. The number of alkyl halides is 1. The molecule has 1 aliphatic rings. The Labute approximate surface area is 143 Å². The SMILES string of the molecule is O=S(=O)(CF)c1ccc(Oc2cccc3sccc23)c2c1CCC2. The number of ether oxygens (including phenoxy) is 1. The summed E-state index contributed by atoms with van der Waals surface area (Å²) in [5.74, 6) is 1.42. The van der Waals surface area contributed by atoms with Gasteiger partial charge in [-0.05, 0) is 66.1 Å². The van der Waals surface area contributed by atoms with Crippen molar-refractivity contribution in [3.05, 3.63) is 52.9 Å². The maximum atomic E-state index is 12.9. The van der Waals surface area contributed by atoms with Gasteiger partial charge in [0.15, 0.2) is 6.01 Å². The van der Waals surface area contributed by atoms with E-state index in [0.29, 0.717) is 17.7 Å². The fourth-order valence-electron chi connectivity index (χ4n) is 3.26. The smallest absolute Gasteiger partial charge is 0.207 e. The van der Waals surface area contributed by atoms with E-state index < -0.39 is 15.8 Å². The van der Waals surface area contributed by atoms with Crippen LogP contribution in [0.5, 0.6) is 11.5 Å². The first-order valence-corrected chi connectivity index (χ1v) is 10.2. The zero-order chi connectivity index (χ0) is 16.7. The second-order valence-corrected chi connectivity index (χ2v) is 8.62. The van der Waals surface area contributed by atoms with E-state index in [4.69, 9.17) is 4.74 Å². The number of benzene rings is 2. The van der Waals surface area contributed by atoms with Gasteiger partial charge in [0.05, 0.1) is 4.90 Å². The Morgan fingerprint density at radius 1 is 1.04 bits per heavy atom. The van der Waals surface area contributed by atoms with Crippen LogP contribution >= 0.6 is 11.3 Å². The van der Waals surface area contributed by atoms with Gasteiger partial charge in [0.1, 0.15) is 11.5 Å². The molecule has 0 spiro atoms. The van der Waals surface area contributed by atoms with Crippen LogP contribution in [0.4, 0.5) is 4.39 Å². The lowest BCUT2D eigenvalue weighted by atomic mass is 10.1. The molecule has 0 amide bonds. The normalized spacial score (nSPS) is 14.0. The molecule has 124 valence electrons. The first-order chi connectivity index (χ1) is 11.6. The van der Waals surface area contributed by atoms with Crippen LogP contribution in [0.2, 0.25) is 0 Å². The van der Waals surface area contributed by atoms with Crippen LogP contribution in [0.1, 0.15) is 17.5 Å². The molecule has 0 aliphatic heterocycles. The van der Waals surface area contributed by atoms with Crippen molar-refractivity contribution in [2.75, 3.05) is 6.01 Å². The van der Waals surface area contributed by atoms with Crippen molar-refractivity contribution >= 4 is 31.3 Å². The number of halogens is 1. The van der Waals surface area contributed by atoms with E-state index in [1.54, 1.807) is 17.4 Å². The first-order valence-electron chi connectivity index (χ1n) is 7.68. The van der Waals surface area contributed by atoms with Gasteiger partial charge in [-0.3, -0.25) is 0 Å². The van der Waals surface area contributed by atoms with Gasteiger partial charge in [0.2, 0.25) is 9.84 Å². The minimum absolute atomic E-state index is 0.110. The molecule has 1 aromatic heterocycles. The largest absolute Gasteiger partial charge is 0.456 e. The van der Waals surface area contributed by atoms with E-state index in [2.05, 4.69) is 0 Å². The molecule has 0 fully saturated rings. The molecule has 0 saturated carbocycles. The number of hydrogen-bond donors (Lipinski definition) is 0. The average Bonchev–Trinajstić information content (AvgIpc) is 3.24. The summed E-state index contributed by atoms with van der Waals surface area (Å²) in [4.78, 5) is 0.110. The predicted octanol–water partition coefficient (Wildman–Crippen LogP) is 4.88. The summed E-state index contributed by atoms with van der Waals surface area (Å²) in [7, 11) is -3.86. The Bertz CT molecular complexity index is 1020. The van der Waals surface area contributed by atoms with E-state index in [-0.39, 0.29) is 4.90 Å². The summed E-state index contributed by atoms with van der Waals surface area (Å²) in [5, 5.41) is 3.05. The van der Waals surface area contributed by atoms with Crippen LogP contribution in [0.3, 0.4) is 0 Å². The number of sulfone groups is 1. The van der Waals surface area contributed by atoms with E-state index >= 15 is 0 Å². The number of fused-ring (bicyclic) bond motifs is 2. The molecule has 1 heterocycles. The maximum Gasteiger partial charge on any atom is 0.207 e. The highest BCUT2D eigenvalue weighted by molar-refractivity contribution is 7.91. The van der Waals surface area contributed by atoms with Crippen molar-refractivity contribution in [2.45, 2.75) is 24.2 Å². The van der Waals surface area contributed by atoms with Crippen molar-refractivity contribution in [1.29, 1.82) is 0 Å². The van der Waals surface area contributed by atoms with Crippen LogP contribution in [0.15, 0.2) is 46.7 Å². The third-order valence-corrected chi connectivity index (χ3v) is 6.58. The van der Waals surface area contributed by atoms with Crippen molar-refractivity contribution < 1.29 is 17.5 Å². The Morgan fingerprint density at radius 3 is 2.71 bits per heavy atom. The van der Waals surface area contributed by atoms with Gasteiger partial charge in [0.25, 0.3) is 0 Å². The first kappa shape index (κ1) is 15.6. The van der Waals surface area contributed by atoms with E-state index in [1.807, 2.05) is 29.6 Å². The highest BCUT2D eigenvalue weighted by atomic mass is 32.2. The summed E-state index contributed by atoms with van der Waals surface area (Å²) in [6, 6.07) is 9.65. The van der Waals surface area contributed by atoms with Crippen molar-refractivity contribution in [2.24, 2.45) is 0 Å². The summed E-state index contributed by atoms with van der Waals surface area (Å²) < 4.78 is 44.1. The van der Waals surface area contributed by atoms with Crippen LogP contribution in [0, 0.1) is 0 Å². The van der Waals surface area contributed by atoms with E-state index in [9.17, 15) is 12.8 Å². The Balaban J connectivity index is 1.81. The van der Waals surface area contributed by atoms with Crippen molar-refractivity contribution in [3.8, 4) is 11.5 Å². The minimum Gasteiger partial charge on any atom is -0.456 e. The van der Waals surface area contributed by atoms with Gasteiger partial charge >= 0.3 is 0 Å². The van der Waals surface area contributed by atoms with Crippen LogP contribution in [0.25, 0.3) is 10.1 Å². The number of thiophene rings is 1. The molecule has 0 atom stereocenters. The second kappa shape index (κ2) is 5.86. The van der Waals surface area contributed by atoms with Crippen molar-refractivity contribution in [3.63, 3.8) is 0 Å². The third-order valence-electron chi connectivity index (χ3n) is 4.35. The monoisotopic (exact) mass is 362 g/mol. The van der Waals surface area contributed by atoms with Crippen LogP contribution in [-0.2, 0) is 22.7 Å². The molecule has 3 nitrogen and oxygen atoms in total. The predicted molar refractivity (Wildman–Crippen MR) is 93.5 cm³/mol. The highest BCUT2D eigenvalue weighted by Crippen LogP contribution is 2.39. The summed E-state index contributed by atoms with van der Waals surface area (Å²) >= 11 is 1.65. The van der Waals surface area contributed by atoms with Gasteiger partial charge in [-0.25, -0.2) is 12.8 Å². The fourth-order valence-corrected chi connectivity index (χ4v) is 5.06. The molecule has 2 aromatic carbocycles. The maximum absolute atomic E-state index is 12.9. The molecule has 24 heavy (non-hydrogen) atoms. The molecular weight excluding hydrogens is 347 g/mol. The molecule has 0 bridgehead atoms. The lowest BCUT2D eigenvalue weighted by Gasteiger charge is -2.14. The van der Waals surface area contributed by atoms with E-state index in [0.717, 1.165) is 34.2 Å². The van der Waals surface area contributed by atoms with Crippen molar-refractivity contribution in [1.82, 2.24) is 0 Å². The number of hydrogen-bond acceptors (Lipinski definition) is 4. The molecule has 4 rings (SSSR count). The molecule has 0 unspecified atom stereocenters. The summed E-state index contributed by atoms with van der Waals surface area (Å²) in [6.45, 7) is 0. The third kappa shape index (κ3) is 2.50. The van der Waals surface area contributed by atoms with Gasteiger partial charge in [-0.1, -0.05) is 6.07 Å². The zero-order valence-electron chi connectivity index (χ0n) is 12.8. The molecule has 0 N–H and O–H groups in total. The Morgan fingerprint density at radius 2 is 1.88 bits per heavy atom. The average molecular weight is 362 g/mol. The lowest BCUT2D eigenvalue weighted by Crippen LogP contribution is -2.07. The quantitative estimate of drug-likeness (QED) is 0.664. The lowest BCUT2D eigenvalue weighted by molar-refractivity contribution is 0.482. The molecule has 0 saturated heterocycles. The fraction of sp³-hybridized carbons (Fsp3) is 0.222. The number of rotatable bonds is 4. The molecule has 6 heteroatoms. The van der Waals surface area contributed by atoms with Gasteiger partial charge in [-0.15, -0.1) is 11.3 Å². The van der Waals surface area contributed by atoms with Crippen LogP contribution < -0.4 is 4.74 Å². The summed E-state index contributed by atoms with van der Waals surface area (Å²) in [5.41, 5.74) is 1.60. The standard InChI is InChI=1S/C18H15FO3S2/c19-11-24(20,21)18-8-7-16(12-3-1-4-13(12)18)22-15-5-2-6-17-14(15)9-10-23-17/h2,5-10H,1,3-4,11H2. The van der Waals surface area contributed by atoms with E-state index in [1.165, 1.54) is 6.07 Å². The molecular formula is C18H15FO3S2. The zero-order valence-corrected chi connectivity index (χ0v) is 14.4. The Kier molecular flexibility index (Phi) is 3.81. The molecule has 1 aliphatic carbocycles.